The molecule has 32 heavy (non-hydrogen) atoms. The molecule has 14 heteroatoms. The van der Waals surface area contributed by atoms with Gasteiger partial charge in [0.1, 0.15) is 30.7 Å². The fourth-order valence-corrected chi connectivity index (χ4v) is 5.40. The van der Waals surface area contributed by atoms with Crippen LogP contribution in [0.3, 0.4) is 0 Å². The number of nitrogens with zero attached hydrogens (tertiary/aromatic N) is 5. The molecule has 3 fully saturated rings. The maximum atomic E-state index is 11.2. The summed E-state index contributed by atoms with van der Waals surface area (Å²) in [6.45, 7) is 2.40. The van der Waals surface area contributed by atoms with Crippen LogP contribution in [0.25, 0.3) is 11.0 Å². The number of fused-ring (bicyclic) bond motifs is 2. The lowest BCUT2D eigenvalue weighted by Crippen LogP contribution is -2.34. The van der Waals surface area contributed by atoms with Crippen molar-refractivity contribution >= 4 is 36.0 Å². The van der Waals surface area contributed by atoms with Crippen molar-refractivity contribution in [1.82, 2.24) is 19.7 Å². The fourth-order valence-electron chi connectivity index (χ4n) is 4.98. The summed E-state index contributed by atoms with van der Waals surface area (Å²) in [6, 6.07) is 0. The van der Waals surface area contributed by atoms with Crippen molar-refractivity contribution in [3.05, 3.63) is 11.5 Å². The zero-order chi connectivity index (χ0) is 22.6. The summed E-state index contributed by atoms with van der Waals surface area (Å²) >= 11 is 6.23. The second kappa shape index (κ2) is 8.44. The predicted octanol–water partition coefficient (Wildman–Crippen LogP) is 1.10. The minimum absolute atomic E-state index is 0.0503. The molecule has 2 aliphatic heterocycles. The average Bonchev–Trinajstić information content (AvgIpc) is 3.46. The number of aliphatic hydroxyl groups is 2. The Balaban J connectivity index is 1.39. The minimum atomic E-state index is -3.86. The van der Waals surface area contributed by atoms with Gasteiger partial charge in [0.2, 0.25) is 5.28 Å². The third-order valence-electron chi connectivity index (χ3n) is 6.43. The molecule has 2 saturated heterocycles. The van der Waals surface area contributed by atoms with Gasteiger partial charge in [-0.3, -0.25) is 4.57 Å². The van der Waals surface area contributed by atoms with Crippen molar-refractivity contribution in [2.45, 2.75) is 43.8 Å². The topological polar surface area (TPSA) is 152 Å². The number of anilines is 1. The van der Waals surface area contributed by atoms with E-state index in [1.807, 2.05) is 0 Å². The van der Waals surface area contributed by atoms with E-state index in [0.29, 0.717) is 28.7 Å². The van der Waals surface area contributed by atoms with Gasteiger partial charge < -0.3 is 24.7 Å². The Labute approximate surface area is 188 Å². The molecule has 2 aromatic rings. The monoisotopic (exact) mass is 489 g/mol. The molecule has 2 aromatic heterocycles. The molecule has 0 bridgehead atoms. The lowest BCUT2D eigenvalue weighted by molar-refractivity contribution is -0.238. The highest BCUT2D eigenvalue weighted by Gasteiger charge is 2.45. The molecular formula is C18H25ClN5O7P. The van der Waals surface area contributed by atoms with Crippen molar-refractivity contribution in [1.29, 1.82) is 0 Å². The fraction of sp³-hybridized carbons (Fsp3) is 0.722. The molecule has 7 atom stereocenters. The summed E-state index contributed by atoms with van der Waals surface area (Å²) in [5.74, 6) is 2.01. The third-order valence-corrected chi connectivity index (χ3v) is 6.98. The number of rotatable bonds is 6. The van der Waals surface area contributed by atoms with Crippen molar-refractivity contribution in [3.8, 4) is 0 Å². The normalized spacial score (nSPS) is 34.3. The Morgan fingerprint density at radius 1 is 1.25 bits per heavy atom. The van der Waals surface area contributed by atoms with Crippen LogP contribution in [0.4, 0.5) is 5.82 Å². The number of halogens is 1. The van der Waals surface area contributed by atoms with Gasteiger partial charge in [0, 0.05) is 19.8 Å². The largest absolute Gasteiger partial charge is 0.387 e. The maximum absolute atomic E-state index is 11.2. The quantitative estimate of drug-likeness (QED) is 0.231. The number of hydrogen-bond donors (Lipinski definition) is 3. The van der Waals surface area contributed by atoms with E-state index >= 15 is 0 Å². The molecule has 176 valence electrons. The zero-order valence-electron chi connectivity index (χ0n) is 17.3. The van der Waals surface area contributed by atoms with Crippen molar-refractivity contribution in [3.63, 3.8) is 0 Å². The average molecular weight is 490 g/mol. The van der Waals surface area contributed by atoms with Gasteiger partial charge in [-0.2, -0.15) is 15.1 Å². The third kappa shape index (κ3) is 4.14. The number of aromatic nitrogens is 4. The predicted molar refractivity (Wildman–Crippen MR) is 112 cm³/mol. The number of ether oxygens (including phenoxy) is 1. The van der Waals surface area contributed by atoms with E-state index in [4.69, 9.17) is 26.1 Å². The molecular weight excluding hydrogens is 465 g/mol. The number of hydrogen-bond acceptors (Lipinski definition) is 10. The molecule has 3 unspecified atom stereocenters. The summed E-state index contributed by atoms with van der Waals surface area (Å²) in [6.07, 6.45) is 0.531. The summed E-state index contributed by atoms with van der Waals surface area (Å²) in [5.41, 5.74) is 0.375. The van der Waals surface area contributed by atoms with E-state index in [1.54, 1.807) is 6.20 Å². The van der Waals surface area contributed by atoms with Crippen LogP contribution < -0.4 is 4.90 Å². The molecule has 1 aliphatic carbocycles. The van der Waals surface area contributed by atoms with Gasteiger partial charge in [-0.25, -0.2) is 9.57 Å². The van der Waals surface area contributed by atoms with Crippen LogP contribution in [0.5, 0.6) is 0 Å². The van der Waals surface area contributed by atoms with Gasteiger partial charge in [-0.15, -0.1) is 4.67 Å². The van der Waals surface area contributed by atoms with Gasteiger partial charge in [0.25, 0.3) is 0 Å². The molecule has 3 N–H and O–H groups in total. The van der Waals surface area contributed by atoms with Crippen LogP contribution in [-0.2, 0) is 18.9 Å². The second-order valence-electron chi connectivity index (χ2n) is 8.71. The highest BCUT2D eigenvalue weighted by atomic mass is 35.5. The Bertz CT molecular complexity index is 1040. The molecule has 0 aromatic carbocycles. The zero-order valence-corrected chi connectivity index (χ0v) is 19.0. The highest BCUT2D eigenvalue weighted by molar-refractivity contribution is 7.51. The Morgan fingerprint density at radius 3 is 2.66 bits per heavy atom. The first kappa shape index (κ1) is 22.4. The van der Waals surface area contributed by atoms with Crippen LogP contribution in [0.15, 0.2) is 6.20 Å². The lowest BCUT2D eigenvalue weighted by Gasteiger charge is -2.20. The van der Waals surface area contributed by atoms with Gasteiger partial charge in [-0.05, 0) is 36.3 Å². The molecule has 12 nitrogen and oxygen atoms in total. The van der Waals surface area contributed by atoms with Gasteiger partial charge in [-0.1, -0.05) is 6.42 Å². The summed E-state index contributed by atoms with van der Waals surface area (Å²) in [5, 5.41) is 26.0. The maximum Gasteiger partial charge on any atom is 0.352 e. The molecule has 0 spiro atoms. The van der Waals surface area contributed by atoms with Crippen LogP contribution in [0.2, 0.25) is 5.28 Å². The highest BCUT2D eigenvalue weighted by Crippen LogP contribution is 2.41. The first-order valence-corrected chi connectivity index (χ1v) is 12.9. The van der Waals surface area contributed by atoms with Crippen molar-refractivity contribution < 1.29 is 34.0 Å². The SMILES string of the molecule is CP(=O)(O)OOC[C@H]1O[C@@H](n2ncc3c(N4CC5CCCC5C4)nc(Cl)nc32)[C@H](O)[C@@H]1O. The van der Waals surface area contributed by atoms with Crippen LogP contribution in [0, 0.1) is 11.8 Å². The first-order chi connectivity index (χ1) is 15.2. The van der Waals surface area contributed by atoms with Crippen molar-refractivity contribution in [2.75, 3.05) is 31.3 Å². The van der Waals surface area contributed by atoms with Crippen LogP contribution in [0.1, 0.15) is 25.5 Å². The van der Waals surface area contributed by atoms with Crippen molar-refractivity contribution in [2.24, 2.45) is 11.8 Å². The lowest BCUT2D eigenvalue weighted by atomic mass is 10.0. The second-order valence-corrected chi connectivity index (χ2v) is 10.8. The van der Waals surface area contributed by atoms with E-state index in [2.05, 4.69) is 24.6 Å². The molecule has 3 aliphatic rings. The molecule has 0 amide bonds. The number of aliphatic hydroxyl groups excluding tert-OH is 2. The van der Waals surface area contributed by atoms with E-state index in [-0.39, 0.29) is 11.9 Å². The standard InChI is InChI=1S/C18H25ClN5O7P/c1-32(27,28)31-29-8-12-13(25)14(26)17(30-12)24-16-11(5-20-24)15(21-18(19)22-16)23-6-9-3-2-4-10(9)7-23/h5,9-10,12-14,17,25-26H,2-4,6-8H2,1H3,(H,27,28)/t9?,10?,12-,13-,14-,17-/m1/s1. The summed E-state index contributed by atoms with van der Waals surface area (Å²) in [7, 11) is -3.86. The smallest absolute Gasteiger partial charge is 0.352 e. The van der Waals surface area contributed by atoms with E-state index in [1.165, 1.54) is 23.9 Å². The van der Waals surface area contributed by atoms with Crippen LogP contribution >= 0.6 is 19.2 Å². The van der Waals surface area contributed by atoms with Crippen LogP contribution in [-0.4, -0.2) is 79.5 Å². The van der Waals surface area contributed by atoms with E-state index in [0.717, 1.165) is 19.8 Å². The summed E-state index contributed by atoms with van der Waals surface area (Å²) in [4.78, 5) is 24.8. The Hall–Kier alpha value is -1.37. The molecule has 4 heterocycles. The van der Waals surface area contributed by atoms with E-state index < -0.39 is 32.1 Å². The Kier molecular flexibility index (Phi) is 5.92. The summed E-state index contributed by atoms with van der Waals surface area (Å²) < 4.78 is 22.6. The van der Waals surface area contributed by atoms with Gasteiger partial charge in [0.05, 0.1) is 11.6 Å². The first-order valence-electron chi connectivity index (χ1n) is 10.5. The van der Waals surface area contributed by atoms with Gasteiger partial charge >= 0.3 is 7.60 Å². The van der Waals surface area contributed by atoms with E-state index in [9.17, 15) is 14.8 Å². The molecule has 0 radical (unpaired) electrons. The molecule has 1 saturated carbocycles. The molecule has 5 rings (SSSR count). The minimum Gasteiger partial charge on any atom is -0.387 e. The van der Waals surface area contributed by atoms with Gasteiger partial charge in [0.15, 0.2) is 11.9 Å². The Morgan fingerprint density at radius 2 is 1.97 bits per heavy atom.